The monoisotopic (exact) mass is 375 g/mol. The standard InChI is InChI=1S/C18H18ClN3O4/c1-26-16-9-12(5-6-15(16)23)11-20-22-18(25)8-7-17(24)21-14-4-2-3-13(19)10-14/h2-6,9-11,23H,7-8H2,1H3,(H,21,24)(H,22,25). The van der Waals surface area contributed by atoms with Crippen LogP contribution in [0.4, 0.5) is 5.69 Å². The van der Waals surface area contributed by atoms with E-state index < -0.39 is 5.91 Å². The van der Waals surface area contributed by atoms with E-state index in [2.05, 4.69) is 15.8 Å². The van der Waals surface area contributed by atoms with Crippen molar-refractivity contribution in [1.29, 1.82) is 0 Å². The molecular weight excluding hydrogens is 358 g/mol. The number of amides is 2. The van der Waals surface area contributed by atoms with Crippen LogP contribution in [0.1, 0.15) is 18.4 Å². The molecule has 0 heterocycles. The molecule has 0 atom stereocenters. The quantitative estimate of drug-likeness (QED) is 0.511. The molecule has 3 N–H and O–H groups in total. The molecule has 7 nitrogen and oxygen atoms in total. The number of nitrogens with zero attached hydrogens (tertiary/aromatic N) is 1. The van der Waals surface area contributed by atoms with Crippen molar-refractivity contribution in [1.82, 2.24) is 5.43 Å². The van der Waals surface area contributed by atoms with Crippen LogP contribution in [0.25, 0.3) is 0 Å². The fourth-order valence-electron chi connectivity index (χ4n) is 2.03. The van der Waals surface area contributed by atoms with E-state index >= 15 is 0 Å². The SMILES string of the molecule is COc1cc(C=NNC(=O)CCC(=O)Nc2cccc(Cl)c2)ccc1O. The van der Waals surface area contributed by atoms with Gasteiger partial charge in [0.2, 0.25) is 11.8 Å². The van der Waals surface area contributed by atoms with Gasteiger partial charge in [-0.3, -0.25) is 9.59 Å². The number of carbonyl (C=O) groups is 2. The van der Waals surface area contributed by atoms with Crippen molar-refractivity contribution in [3.8, 4) is 11.5 Å². The second kappa shape index (κ2) is 9.43. The number of hydrogen-bond acceptors (Lipinski definition) is 5. The summed E-state index contributed by atoms with van der Waals surface area (Å²) in [6.45, 7) is 0. The predicted octanol–water partition coefficient (Wildman–Crippen LogP) is 2.92. The molecule has 0 unspecified atom stereocenters. The molecule has 0 fully saturated rings. The molecule has 0 radical (unpaired) electrons. The Hall–Kier alpha value is -3.06. The van der Waals surface area contributed by atoms with E-state index in [1.807, 2.05) is 0 Å². The van der Waals surface area contributed by atoms with Crippen LogP contribution in [0.3, 0.4) is 0 Å². The summed E-state index contributed by atoms with van der Waals surface area (Å²) in [7, 11) is 1.44. The molecule has 136 valence electrons. The van der Waals surface area contributed by atoms with E-state index in [4.69, 9.17) is 16.3 Å². The van der Waals surface area contributed by atoms with Crippen LogP contribution in [-0.2, 0) is 9.59 Å². The highest BCUT2D eigenvalue weighted by atomic mass is 35.5. The van der Waals surface area contributed by atoms with E-state index in [1.54, 1.807) is 36.4 Å². The predicted molar refractivity (Wildman–Crippen MR) is 99.7 cm³/mol. The van der Waals surface area contributed by atoms with E-state index in [9.17, 15) is 14.7 Å². The average molecular weight is 376 g/mol. The van der Waals surface area contributed by atoms with Gasteiger partial charge in [0.15, 0.2) is 11.5 Å². The molecule has 0 bridgehead atoms. The highest BCUT2D eigenvalue weighted by Crippen LogP contribution is 2.25. The van der Waals surface area contributed by atoms with Crippen molar-refractivity contribution in [2.24, 2.45) is 5.10 Å². The van der Waals surface area contributed by atoms with Gasteiger partial charge in [0, 0.05) is 23.6 Å². The topological polar surface area (TPSA) is 100 Å². The second-order valence-corrected chi connectivity index (χ2v) is 5.72. The molecule has 0 spiro atoms. The molecule has 0 aromatic heterocycles. The van der Waals surface area contributed by atoms with Gasteiger partial charge in [-0.25, -0.2) is 5.43 Å². The Morgan fingerprint density at radius 3 is 2.69 bits per heavy atom. The number of ether oxygens (including phenoxy) is 1. The van der Waals surface area contributed by atoms with Crippen LogP contribution in [0.2, 0.25) is 5.02 Å². The van der Waals surface area contributed by atoms with Crippen molar-refractivity contribution >= 4 is 35.3 Å². The number of halogens is 1. The summed E-state index contributed by atoms with van der Waals surface area (Å²) in [4.78, 5) is 23.5. The molecule has 0 saturated heterocycles. The van der Waals surface area contributed by atoms with Crippen LogP contribution in [0.15, 0.2) is 47.6 Å². The smallest absolute Gasteiger partial charge is 0.240 e. The van der Waals surface area contributed by atoms with Crippen molar-refractivity contribution in [2.45, 2.75) is 12.8 Å². The first-order valence-electron chi connectivity index (χ1n) is 7.72. The van der Waals surface area contributed by atoms with Crippen molar-refractivity contribution in [2.75, 3.05) is 12.4 Å². The molecule has 8 heteroatoms. The highest BCUT2D eigenvalue weighted by Gasteiger charge is 2.07. The molecule has 26 heavy (non-hydrogen) atoms. The minimum atomic E-state index is -0.395. The molecule has 0 aliphatic heterocycles. The highest BCUT2D eigenvalue weighted by molar-refractivity contribution is 6.30. The maximum atomic E-state index is 11.8. The molecule has 0 saturated carbocycles. The Morgan fingerprint density at radius 2 is 1.96 bits per heavy atom. The minimum absolute atomic E-state index is 0.0113. The van der Waals surface area contributed by atoms with Crippen molar-refractivity contribution in [3.63, 3.8) is 0 Å². The first kappa shape index (κ1) is 19.3. The number of hydrazone groups is 1. The number of anilines is 1. The third kappa shape index (κ3) is 6.10. The van der Waals surface area contributed by atoms with Gasteiger partial charge in [0.25, 0.3) is 0 Å². The fraction of sp³-hybridized carbons (Fsp3) is 0.167. The van der Waals surface area contributed by atoms with E-state index in [0.29, 0.717) is 22.0 Å². The zero-order chi connectivity index (χ0) is 18.9. The Bertz CT molecular complexity index is 824. The summed E-state index contributed by atoms with van der Waals surface area (Å²) in [5.74, 6) is -0.375. The lowest BCUT2D eigenvalue weighted by Crippen LogP contribution is -2.20. The van der Waals surface area contributed by atoms with Crippen LogP contribution < -0.4 is 15.5 Å². The third-order valence-electron chi connectivity index (χ3n) is 3.29. The molecule has 2 rings (SSSR count). The van der Waals surface area contributed by atoms with Gasteiger partial charge in [-0.1, -0.05) is 17.7 Å². The van der Waals surface area contributed by atoms with Crippen LogP contribution in [0, 0.1) is 0 Å². The van der Waals surface area contributed by atoms with Crippen molar-refractivity contribution in [3.05, 3.63) is 53.1 Å². The number of phenolic OH excluding ortho intramolecular Hbond substituents is 1. The molecule has 2 aromatic rings. The first-order chi connectivity index (χ1) is 12.5. The van der Waals surface area contributed by atoms with Gasteiger partial charge in [-0.2, -0.15) is 5.10 Å². The minimum Gasteiger partial charge on any atom is -0.504 e. The van der Waals surface area contributed by atoms with E-state index in [1.165, 1.54) is 19.4 Å². The van der Waals surface area contributed by atoms with Gasteiger partial charge >= 0.3 is 0 Å². The summed E-state index contributed by atoms with van der Waals surface area (Å²) in [5, 5.41) is 16.5. The normalized spacial score (nSPS) is 10.5. The molecular formula is C18H18ClN3O4. The Morgan fingerprint density at radius 1 is 1.19 bits per heavy atom. The number of aromatic hydroxyl groups is 1. The largest absolute Gasteiger partial charge is 0.504 e. The Balaban J connectivity index is 1.77. The average Bonchev–Trinajstić information content (AvgIpc) is 2.61. The summed E-state index contributed by atoms with van der Waals surface area (Å²) in [6.07, 6.45) is 1.41. The first-order valence-corrected chi connectivity index (χ1v) is 8.10. The molecule has 2 aromatic carbocycles. The number of hydrogen-bond donors (Lipinski definition) is 3. The van der Waals surface area contributed by atoms with Crippen molar-refractivity contribution < 1.29 is 19.4 Å². The zero-order valence-electron chi connectivity index (χ0n) is 14.0. The summed E-state index contributed by atoms with van der Waals surface area (Å²) in [5.41, 5.74) is 3.55. The van der Waals surface area contributed by atoms with Crippen LogP contribution in [0.5, 0.6) is 11.5 Å². The Kier molecular flexibility index (Phi) is 6.99. The number of rotatable bonds is 7. The summed E-state index contributed by atoms with van der Waals surface area (Å²) >= 11 is 5.84. The molecule has 2 amide bonds. The second-order valence-electron chi connectivity index (χ2n) is 5.28. The number of methoxy groups -OCH3 is 1. The number of nitrogens with one attached hydrogen (secondary N) is 2. The lowest BCUT2D eigenvalue weighted by Gasteiger charge is -2.05. The lowest BCUT2D eigenvalue weighted by molar-refractivity contribution is -0.124. The number of benzene rings is 2. The number of carbonyl (C=O) groups excluding carboxylic acids is 2. The molecule has 0 aliphatic rings. The summed E-state index contributed by atoms with van der Waals surface area (Å²) < 4.78 is 4.98. The van der Waals surface area contributed by atoms with Gasteiger partial charge in [-0.15, -0.1) is 0 Å². The number of phenols is 1. The van der Waals surface area contributed by atoms with Gasteiger partial charge in [0.05, 0.1) is 13.3 Å². The van der Waals surface area contributed by atoms with Gasteiger partial charge < -0.3 is 15.2 Å². The summed E-state index contributed by atoms with van der Waals surface area (Å²) in [6, 6.07) is 11.4. The van der Waals surface area contributed by atoms with Gasteiger partial charge in [0.1, 0.15) is 0 Å². The van der Waals surface area contributed by atoms with Crippen LogP contribution >= 0.6 is 11.6 Å². The lowest BCUT2D eigenvalue weighted by atomic mass is 10.2. The van der Waals surface area contributed by atoms with E-state index in [0.717, 1.165) is 0 Å². The fourth-order valence-corrected chi connectivity index (χ4v) is 2.22. The maximum Gasteiger partial charge on any atom is 0.240 e. The third-order valence-corrected chi connectivity index (χ3v) is 3.53. The van der Waals surface area contributed by atoms with Gasteiger partial charge in [-0.05, 0) is 42.0 Å². The molecule has 0 aliphatic carbocycles. The van der Waals surface area contributed by atoms with Crippen LogP contribution in [-0.4, -0.2) is 30.2 Å². The Labute approximate surface area is 155 Å². The maximum absolute atomic E-state index is 11.8. The zero-order valence-corrected chi connectivity index (χ0v) is 14.8. The van der Waals surface area contributed by atoms with E-state index in [-0.39, 0.29) is 24.5 Å².